The smallest absolute Gasteiger partial charge is 0.300 e. The minimum atomic E-state index is -0.831. The zero-order valence-corrected chi connectivity index (χ0v) is 20.2. The minimum absolute atomic E-state index is 0.0313. The molecule has 7 nitrogen and oxygen atoms in total. The number of carbonyl (C=O) groups is 2. The summed E-state index contributed by atoms with van der Waals surface area (Å²) in [5, 5.41) is 12.2. The number of hydrogen-bond acceptors (Lipinski definition) is 5. The van der Waals surface area contributed by atoms with Gasteiger partial charge >= 0.3 is 0 Å². The molecule has 4 aromatic rings. The number of benzene rings is 3. The van der Waals surface area contributed by atoms with Crippen LogP contribution in [0.1, 0.15) is 29.7 Å². The highest BCUT2D eigenvalue weighted by Crippen LogP contribution is 2.44. The van der Waals surface area contributed by atoms with Gasteiger partial charge in [-0.05, 0) is 35.7 Å². The molecule has 1 amide bonds. The number of fused-ring (bicyclic) bond motifs is 1. The Morgan fingerprint density at radius 3 is 2.39 bits per heavy atom. The number of aliphatic hydroxyl groups is 1. The molecule has 1 aliphatic heterocycles. The zero-order chi connectivity index (χ0) is 25.4. The predicted molar refractivity (Wildman–Crippen MR) is 138 cm³/mol. The zero-order valence-electron chi connectivity index (χ0n) is 20.2. The number of hydrogen-bond donors (Lipinski definition) is 2. The molecule has 36 heavy (non-hydrogen) atoms. The SMILES string of the molecule is CCc1ccc(C2/C(=C(/O)c3c[nH]c4ccccc34)C(=O)C(=O)N2c2ccc(OC)c(OC)c2)cc1. The summed E-state index contributed by atoms with van der Waals surface area (Å²) >= 11 is 0. The molecule has 0 spiro atoms. The summed E-state index contributed by atoms with van der Waals surface area (Å²) in [6.45, 7) is 2.06. The molecule has 2 heterocycles. The lowest BCUT2D eigenvalue weighted by Gasteiger charge is -2.26. The number of ether oxygens (including phenoxy) is 2. The Morgan fingerprint density at radius 2 is 1.69 bits per heavy atom. The van der Waals surface area contributed by atoms with E-state index in [-0.39, 0.29) is 11.3 Å². The Morgan fingerprint density at radius 1 is 0.972 bits per heavy atom. The van der Waals surface area contributed by atoms with Gasteiger partial charge in [0.25, 0.3) is 11.7 Å². The maximum Gasteiger partial charge on any atom is 0.300 e. The summed E-state index contributed by atoms with van der Waals surface area (Å²) in [5.74, 6) is -0.780. The summed E-state index contributed by atoms with van der Waals surface area (Å²) in [4.78, 5) is 31.5. The van der Waals surface area contributed by atoms with Gasteiger partial charge in [0.15, 0.2) is 11.5 Å². The van der Waals surface area contributed by atoms with Gasteiger partial charge in [0.1, 0.15) is 5.76 Å². The largest absolute Gasteiger partial charge is 0.507 e. The Hall–Kier alpha value is -4.52. The quantitative estimate of drug-likeness (QED) is 0.219. The Kier molecular flexibility index (Phi) is 5.98. The highest BCUT2D eigenvalue weighted by atomic mass is 16.5. The molecule has 0 bridgehead atoms. The van der Waals surface area contributed by atoms with Gasteiger partial charge in [-0.15, -0.1) is 0 Å². The normalized spacial score (nSPS) is 17.1. The molecule has 0 aliphatic carbocycles. The Bertz CT molecular complexity index is 1500. The molecule has 1 aromatic heterocycles. The van der Waals surface area contributed by atoms with E-state index in [0.717, 1.165) is 22.9 Å². The molecule has 1 aliphatic rings. The van der Waals surface area contributed by atoms with E-state index in [9.17, 15) is 14.7 Å². The van der Waals surface area contributed by atoms with Crippen LogP contribution >= 0.6 is 0 Å². The lowest BCUT2D eigenvalue weighted by atomic mass is 9.94. The molecule has 182 valence electrons. The maximum atomic E-state index is 13.5. The van der Waals surface area contributed by atoms with Crippen molar-refractivity contribution < 1.29 is 24.2 Å². The fourth-order valence-corrected chi connectivity index (χ4v) is 4.74. The van der Waals surface area contributed by atoms with Crippen molar-refractivity contribution in [2.24, 2.45) is 0 Å². The Balaban J connectivity index is 1.74. The van der Waals surface area contributed by atoms with Gasteiger partial charge in [0, 0.05) is 34.4 Å². The van der Waals surface area contributed by atoms with E-state index in [0.29, 0.717) is 28.3 Å². The maximum absolute atomic E-state index is 13.5. The van der Waals surface area contributed by atoms with Crippen LogP contribution in [0, 0.1) is 0 Å². The van der Waals surface area contributed by atoms with Crippen molar-refractivity contribution >= 4 is 34.0 Å². The number of nitrogens with one attached hydrogen (secondary N) is 1. The third-order valence-electron chi connectivity index (χ3n) is 6.64. The highest BCUT2D eigenvalue weighted by molar-refractivity contribution is 6.51. The van der Waals surface area contributed by atoms with Crippen LogP contribution in [-0.2, 0) is 16.0 Å². The average Bonchev–Trinajstić information content (AvgIpc) is 3.47. The topological polar surface area (TPSA) is 91.9 Å². The summed E-state index contributed by atoms with van der Waals surface area (Å²) < 4.78 is 10.8. The summed E-state index contributed by atoms with van der Waals surface area (Å²) in [6.07, 6.45) is 2.51. The third kappa shape index (κ3) is 3.69. The Labute approximate surface area is 208 Å². The molecular formula is C29H26N2O5. The second-order valence-electron chi connectivity index (χ2n) is 8.55. The molecule has 0 saturated carbocycles. The first-order valence-corrected chi connectivity index (χ1v) is 11.7. The number of aryl methyl sites for hydroxylation is 1. The predicted octanol–water partition coefficient (Wildman–Crippen LogP) is 5.37. The number of para-hydroxylation sites is 1. The van der Waals surface area contributed by atoms with E-state index in [2.05, 4.69) is 11.9 Å². The average molecular weight is 483 g/mol. The van der Waals surface area contributed by atoms with Crippen LogP contribution in [0.2, 0.25) is 0 Å². The van der Waals surface area contributed by atoms with E-state index >= 15 is 0 Å². The van der Waals surface area contributed by atoms with Crippen LogP contribution in [0.3, 0.4) is 0 Å². The van der Waals surface area contributed by atoms with Gasteiger partial charge in [0.2, 0.25) is 0 Å². The van der Waals surface area contributed by atoms with E-state index < -0.39 is 17.7 Å². The van der Waals surface area contributed by atoms with Gasteiger partial charge in [-0.25, -0.2) is 0 Å². The highest BCUT2D eigenvalue weighted by Gasteiger charge is 2.47. The van der Waals surface area contributed by atoms with Crippen LogP contribution < -0.4 is 14.4 Å². The van der Waals surface area contributed by atoms with Crippen LogP contribution in [0.4, 0.5) is 5.69 Å². The molecule has 1 saturated heterocycles. The van der Waals surface area contributed by atoms with Gasteiger partial charge in [0.05, 0.1) is 25.8 Å². The van der Waals surface area contributed by atoms with Crippen LogP contribution in [0.15, 0.2) is 78.5 Å². The van der Waals surface area contributed by atoms with E-state index in [1.807, 2.05) is 48.5 Å². The van der Waals surface area contributed by atoms with Crippen molar-refractivity contribution in [1.29, 1.82) is 0 Å². The molecular weight excluding hydrogens is 456 g/mol. The monoisotopic (exact) mass is 482 g/mol. The number of Topliss-reactive ketones (excluding diaryl/α,β-unsaturated/α-hetero) is 1. The van der Waals surface area contributed by atoms with Gasteiger partial charge in [-0.3, -0.25) is 14.5 Å². The molecule has 5 rings (SSSR count). The van der Waals surface area contributed by atoms with Gasteiger partial charge in [-0.2, -0.15) is 0 Å². The lowest BCUT2D eigenvalue weighted by molar-refractivity contribution is -0.132. The number of ketones is 1. The lowest BCUT2D eigenvalue weighted by Crippen LogP contribution is -2.29. The van der Waals surface area contributed by atoms with Gasteiger partial charge < -0.3 is 19.6 Å². The number of anilines is 1. The number of aromatic amines is 1. The summed E-state index contributed by atoms with van der Waals surface area (Å²) in [7, 11) is 3.04. The number of amides is 1. The summed E-state index contributed by atoms with van der Waals surface area (Å²) in [5.41, 5.74) is 3.60. The first-order valence-electron chi connectivity index (χ1n) is 11.7. The minimum Gasteiger partial charge on any atom is -0.507 e. The van der Waals surface area contributed by atoms with Crippen molar-refractivity contribution in [1.82, 2.24) is 4.98 Å². The fourth-order valence-electron chi connectivity index (χ4n) is 4.74. The summed E-state index contributed by atoms with van der Waals surface area (Å²) in [6, 6.07) is 19.4. The van der Waals surface area contributed by atoms with E-state index in [1.54, 1.807) is 24.4 Å². The van der Waals surface area contributed by atoms with Crippen LogP contribution in [0.25, 0.3) is 16.7 Å². The van der Waals surface area contributed by atoms with Crippen molar-refractivity contribution in [3.63, 3.8) is 0 Å². The standard InChI is InChI=1S/C29H26N2O5/c1-4-17-9-11-18(12-10-17)26-25(27(32)21-16-30-22-8-6-5-7-20(21)22)28(33)29(34)31(26)19-13-14-23(35-2)24(15-19)36-3/h5-16,26,30,32H,4H2,1-3H3/b27-25-. The number of H-pyrrole nitrogens is 1. The fraction of sp³-hybridized carbons (Fsp3) is 0.172. The number of aliphatic hydroxyl groups excluding tert-OH is 1. The third-order valence-corrected chi connectivity index (χ3v) is 6.64. The first-order chi connectivity index (χ1) is 17.5. The van der Waals surface area contributed by atoms with Crippen LogP contribution in [-0.4, -0.2) is 36.0 Å². The molecule has 1 atom stereocenters. The number of methoxy groups -OCH3 is 2. The molecule has 2 N–H and O–H groups in total. The van der Waals surface area contributed by atoms with Crippen molar-refractivity contribution in [3.8, 4) is 11.5 Å². The molecule has 7 heteroatoms. The number of rotatable bonds is 6. The number of carbonyl (C=O) groups excluding carboxylic acids is 2. The molecule has 3 aromatic carbocycles. The number of nitrogens with zero attached hydrogens (tertiary/aromatic N) is 1. The second kappa shape index (κ2) is 9.26. The second-order valence-corrected chi connectivity index (χ2v) is 8.55. The molecule has 1 fully saturated rings. The number of aromatic nitrogens is 1. The first kappa shape index (κ1) is 23.2. The van der Waals surface area contributed by atoms with Crippen molar-refractivity contribution in [3.05, 3.63) is 95.2 Å². The van der Waals surface area contributed by atoms with Crippen LogP contribution in [0.5, 0.6) is 11.5 Å². The van der Waals surface area contributed by atoms with E-state index in [1.165, 1.54) is 19.1 Å². The van der Waals surface area contributed by atoms with Crippen molar-refractivity contribution in [2.45, 2.75) is 19.4 Å². The van der Waals surface area contributed by atoms with Crippen molar-refractivity contribution in [2.75, 3.05) is 19.1 Å². The molecule has 1 unspecified atom stereocenters. The van der Waals surface area contributed by atoms with E-state index in [4.69, 9.17) is 9.47 Å². The molecule has 0 radical (unpaired) electrons. The van der Waals surface area contributed by atoms with Gasteiger partial charge in [-0.1, -0.05) is 49.4 Å².